The van der Waals surface area contributed by atoms with Gasteiger partial charge in [0.2, 0.25) is 0 Å². The van der Waals surface area contributed by atoms with Crippen molar-refractivity contribution in [2.24, 2.45) is 5.92 Å². The quantitative estimate of drug-likeness (QED) is 0.589. The van der Waals surface area contributed by atoms with Crippen molar-refractivity contribution in [3.8, 4) is 0 Å². The minimum Gasteiger partial charge on any atom is -0.300 e. The first-order valence-electron chi connectivity index (χ1n) is 4.87. The summed E-state index contributed by atoms with van der Waals surface area (Å²) in [6.07, 6.45) is 3.71. The first kappa shape index (κ1) is 8.24. The molecule has 0 aromatic rings. The van der Waals surface area contributed by atoms with Crippen LogP contribution in [-0.4, -0.2) is 29.3 Å². The van der Waals surface area contributed by atoms with Gasteiger partial charge in [0.05, 0.1) is 0 Å². The second-order valence-electron chi connectivity index (χ2n) is 4.56. The second-order valence-corrected chi connectivity index (χ2v) is 4.56. The highest BCUT2D eigenvalue weighted by Crippen LogP contribution is 2.41. The first-order valence-corrected chi connectivity index (χ1v) is 4.87. The van der Waals surface area contributed by atoms with E-state index in [2.05, 4.69) is 11.8 Å². The average Bonchev–Trinajstić information content (AvgIpc) is 2.41. The van der Waals surface area contributed by atoms with Gasteiger partial charge >= 0.3 is 0 Å². The number of carbonyl (C=O) groups excluding carboxylic acids is 1. The normalized spacial score (nSPS) is 41.7. The highest BCUT2D eigenvalue weighted by molar-refractivity contribution is 5.79. The number of hydrogen-bond donors (Lipinski definition) is 0. The van der Waals surface area contributed by atoms with Crippen LogP contribution in [0.2, 0.25) is 0 Å². The Bertz CT molecular complexity index is 214. The Morgan fingerprint density at radius 2 is 2.33 bits per heavy atom. The SMILES string of the molecule is CC(=O)C1CN2CCC[C@@]2(C)C1. The van der Waals surface area contributed by atoms with E-state index in [4.69, 9.17) is 0 Å². The van der Waals surface area contributed by atoms with Gasteiger partial charge in [-0.25, -0.2) is 0 Å². The van der Waals surface area contributed by atoms with Crippen molar-refractivity contribution in [2.75, 3.05) is 13.1 Å². The number of rotatable bonds is 1. The third kappa shape index (κ3) is 1.09. The van der Waals surface area contributed by atoms with Gasteiger partial charge in [0.1, 0.15) is 5.78 Å². The fraction of sp³-hybridized carbons (Fsp3) is 0.900. The van der Waals surface area contributed by atoms with Gasteiger partial charge in [0.25, 0.3) is 0 Å². The topological polar surface area (TPSA) is 20.3 Å². The Labute approximate surface area is 73.9 Å². The Morgan fingerprint density at radius 3 is 2.92 bits per heavy atom. The molecule has 0 aliphatic carbocycles. The van der Waals surface area contributed by atoms with E-state index in [0.717, 1.165) is 13.0 Å². The van der Waals surface area contributed by atoms with Gasteiger partial charge in [-0.3, -0.25) is 9.69 Å². The van der Waals surface area contributed by atoms with Crippen molar-refractivity contribution in [1.82, 2.24) is 4.90 Å². The summed E-state index contributed by atoms with van der Waals surface area (Å²) in [5.41, 5.74) is 0.371. The van der Waals surface area contributed by atoms with Crippen LogP contribution in [0.1, 0.15) is 33.1 Å². The van der Waals surface area contributed by atoms with E-state index in [1.54, 1.807) is 6.92 Å². The van der Waals surface area contributed by atoms with Crippen LogP contribution in [0.4, 0.5) is 0 Å². The zero-order valence-electron chi connectivity index (χ0n) is 7.97. The third-order valence-electron chi connectivity index (χ3n) is 3.61. The molecule has 2 heteroatoms. The number of nitrogens with zero attached hydrogens (tertiary/aromatic N) is 1. The number of hydrogen-bond acceptors (Lipinski definition) is 2. The summed E-state index contributed by atoms with van der Waals surface area (Å²) < 4.78 is 0. The summed E-state index contributed by atoms with van der Waals surface area (Å²) in [7, 11) is 0. The molecule has 0 aromatic carbocycles. The van der Waals surface area contributed by atoms with Crippen molar-refractivity contribution in [2.45, 2.75) is 38.6 Å². The predicted molar refractivity (Wildman–Crippen MR) is 48.0 cm³/mol. The van der Waals surface area contributed by atoms with Gasteiger partial charge in [-0.15, -0.1) is 0 Å². The second kappa shape index (κ2) is 2.56. The lowest BCUT2D eigenvalue weighted by Gasteiger charge is -2.26. The predicted octanol–water partition coefficient (Wildman–Crippen LogP) is 1.45. The minimum atomic E-state index is 0.329. The van der Waals surface area contributed by atoms with Crippen LogP contribution in [-0.2, 0) is 4.79 Å². The summed E-state index contributed by atoms with van der Waals surface area (Å²) in [6, 6.07) is 0. The molecular formula is C10H17NO. The van der Waals surface area contributed by atoms with Crippen LogP contribution in [0.25, 0.3) is 0 Å². The zero-order valence-corrected chi connectivity index (χ0v) is 7.97. The molecule has 0 saturated carbocycles. The van der Waals surface area contributed by atoms with Gasteiger partial charge in [-0.2, -0.15) is 0 Å². The van der Waals surface area contributed by atoms with E-state index in [-0.39, 0.29) is 0 Å². The Balaban J connectivity index is 2.11. The maximum absolute atomic E-state index is 11.2. The molecule has 2 rings (SSSR count). The molecule has 68 valence electrons. The molecule has 2 fully saturated rings. The van der Waals surface area contributed by atoms with Crippen LogP contribution >= 0.6 is 0 Å². The van der Waals surface area contributed by atoms with Gasteiger partial charge < -0.3 is 0 Å². The van der Waals surface area contributed by atoms with Gasteiger partial charge in [0.15, 0.2) is 0 Å². The van der Waals surface area contributed by atoms with Crippen molar-refractivity contribution in [1.29, 1.82) is 0 Å². The lowest BCUT2D eigenvalue weighted by Crippen LogP contribution is -2.34. The van der Waals surface area contributed by atoms with Crippen LogP contribution in [0.15, 0.2) is 0 Å². The molecular weight excluding hydrogens is 150 g/mol. The van der Waals surface area contributed by atoms with E-state index in [1.165, 1.54) is 19.4 Å². The largest absolute Gasteiger partial charge is 0.300 e. The lowest BCUT2D eigenvalue weighted by molar-refractivity contribution is -0.120. The molecule has 12 heavy (non-hydrogen) atoms. The number of Topliss-reactive ketones (excluding diaryl/α,β-unsaturated/α-hetero) is 1. The summed E-state index contributed by atoms with van der Waals surface area (Å²) in [5, 5.41) is 0. The fourth-order valence-corrected chi connectivity index (χ4v) is 2.76. The molecule has 0 spiro atoms. The molecule has 2 aliphatic heterocycles. The minimum absolute atomic E-state index is 0.329. The highest BCUT2D eigenvalue weighted by Gasteiger charge is 2.45. The Kier molecular flexibility index (Phi) is 1.76. The van der Waals surface area contributed by atoms with Crippen LogP contribution in [0, 0.1) is 5.92 Å². The monoisotopic (exact) mass is 167 g/mol. The van der Waals surface area contributed by atoms with Crippen molar-refractivity contribution < 1.29 is 4.79 Å². The van der Waals surface area contributed by atoms with Crippen LogP contribution in [0.5, 0.6) is 0 Å². The van der Waals surface area contributed by atoms with E-state index < -0.39 is 0 Å². The first-order chi connectivity index (χ1) is 5.62. The van der Waals surface area contributed by atoms with Crippen molar-refractivity contribution in [3.05, 3.63) is 0 Å². The van der Waals surface area contributed by atoms with Crippen LogP contribution in [0.3, 0.4) is 0 Å². The van der Waals surface area contributed by atoms with Gasteiger partial charge in [0, 0.05) is 18.0 Å². The molecule has 1 unspecified atom stereocenters. The Hall–Kier alpha value is -0.370. The molecule has 0 bridgehead atoms. The lowest BCUT2D eigenvalue weighted by atomic mass is 9.90. The maximum atomic E-state index is 11.2. The molecule has 0 amide bonds. The molecule has 0 N–H and O–H groups in total. The molecule has 2 nitrogen and oxygen atoms in total. The standard InChI is InChI=1S/C10H17NO/c1-8(12)9-6-10(2)4-3-5-11(10)7-9/h9H,3-7H2,1-2H3/t9?,10-/m0/s1. The fourth-order valence-electron chi connectivity index (χ4n) is 2.76. The number of fused-ring (bicyclic) bond motifs is 1. The third-order valence-corrected chi connectivity index (χ3v) is 3.61. The average molecular weight is 167 g/mol. The summed E-state index contributed by atoms with van der Waals surface area (Å²) in [5.74, 6) is 0.709. The summed E-state index contributed by atoms with van der Waals surface area (Å²) in [4.78, 5) is 13.7. The van der Waals surface area contributed by atoms with Gasteiger partial charge in [-0.05, 0) is 39.7 Å². The Morgan fingerprint density at radius 1 is 1.58 bits per heavy atom. The molecule has 2 saturated heterocycles. The van der Waals surface area contributed by atoms with E-state index in [1.807, 2.05) is 0 Å². The van der Waals surface area contributed by atoms with E-state index >= 15 is 0 Å². The molecule has 2 aliphatic rings. The van der Waals surface area contributed by atoms with Crippen molar-refractivity contribution >= 4 is 5.78 Å². The van der Waals surface area contributed by atoms with Crippen LogP contribution < -0.4 is 0 Å². The van der Waals surface area contributed by atoms with E-state index in [9.17, 15) is 4.79 Å². The smallest absolute Gasteiger partial charge is 0.134 e. The van der Waals surface area contributed by atoms with Crippen molar-refractivity contribution in [3.63, 3.8) is 0 Å². The molecule has 2 heterocycles. The molecule has 0 aromatic heterocycles. The number of ketones is 1. The van der Waals surface area contributed by atoms with Gasteiger partial charge in [-0.1, -0.05) is 0 Å². The highest BCUT2D eigenvalue weighted by atomic mass is 16.1. The molecule has 0 radical (unpaired) electrons. The van der Waals surface area contributed by atoms with E-state index in [0.29, 0.717) is 17.2 Å². The molecule has 2 atom stereocenters. The number of carbonyl (C=O) groups is 1. The zero-order chi connectivity index (χ0) is 8.77. The maximum Gasteiger partial charge on any atom is 0.134 e. The summed E-state index contributed by atoms with van der Waals surface area (Å²) in [6.45, 7) is 6.27. The summed E-state index contributed by atoms with van der Waals surface area (Å²) >= 11 is 0.